The molecule has 0 spiro atoms. The van der Waals surface area contributed by atoms with Gasteiger partial charge in [-0.25, -0.2) is 4.98 Å². The van der Waals surface area contributed by atoms with Gasteiger partial charge in [-0.05, 0) is 24.1 Å². The third-order valence-electron chi connectivity index (χ3n) is 3.32. The van der Waals surface area contributed by atoms with Gasteiger partial charge in [0.1, 0.15) is 6.54 Å². The predicted molar refractivity (Wildman–Crippen MR) is 92.9 cm³/mol. The lowest BCUT2D eigenvalue weighted by Crippen LogP contribution is -2.40. The van der Waals surface area contributed by atoms with Gasteiger partial charge in [0.15, 0.2) is 5.13 Å². The van der Waals surface area contributed by atoms with E-state index >= 15 is 0 Å². The molecule has 0 fully saturated rings. The van der Waals surface area contributed by atoms with Crippen molar-refractivity contribution >= 4 is 28.3 Å². The summed E-state index contributed by atoms with van der Waals surface area (Å²) in [5.41, 5.74) is -1.01. The number of halogens is 3. The van der Waals surface area contributed by atoms with Crippen molar-refractivity contribution < 1.29 is 22.8 Å². The molecule has 0 saturated carbocycles. The van der Waals surface area contributed by atoms with Crippen LogP contribution in [0.15, 0.2) is 35.8 Å². The van der Waals surface area contributed by atoms with Gasteiger partial charge in [-0.3, -0.25) is 9.59 Å². The molecule has 1 N–H and O–H groups in total. The fourth-order valence-electron chi connectivity index (χ4n) is 2.29. The summed E-state index contributed by atoms with van der Waals surface area (Å²) in [6.07, 6.45) is -3.01. The molecular formula is C17H18F3N3O2S. The summed E-state index contributed by atoms with van der Waals surface area (Å²) in [4.78, 5) is 30.0. The number of nitrogens with one attached hydrogen (secondary N) is 1. The molecule has 2 amide bonds. The molecule has 1 aromatic carbocycles. The Morgan fingerprint density at radius 3 is 2.62 bits per heavy atom. The van der Waals surface area contributed by atoms with Crippen LogP contribution in [0.1, 0.15) is 29.8 Å². The van der Waals surface area contributed by atoms with E-state index in [1.54, 1.807) is 5.38 Å². The third kappa shape index (κ3) is 5.55. The molecule has 26 heavy (non-hydrogen) atoms. The molecule has 9 heteroatoms. The van der Waals surface area contributed by atoms with E-state index in [9.17, 15) is 22.8 Å². The van der Waals surface area contributed by atoms with Gasteiger partial charge in [0.25, 0.3) is 5.91 Å². The van der Waals surface area contributed by atoms with Gasteiger partial charge in [0, 0.05) is 23.7 Å². The highest BCUT2D eigenvalue weighted by Crippen LogP contribution is 2.29. The minimum atomic E-state index is -4.54. The molecule has 0 bridgehead atoms. The largest absolute Gasteiger partial charge is 0.416 e. The van der Waals surface area contributed by atoms with Crippen LogP contribution in [-0.2, 0) is 11.0 Å². The number of hydrogen-bond acceptors (Lipinski definition) is 4. The van der Waals surface area contributed by atoms with Crippen LogP contribution in [0.5, 0.6) is 0 Å². The molecule has 0 unspecified atom stereocenters. The van der Waals surface area contributed by atoms with Crippen LogP contribution in [-0.4, -0.2) is 34.8 Å². The number of rotatable bonds is 6. The Labute approximate surface area is 152 Å². The van der Waals surface area contributed by atoms with E-state index in [0.717, 1.165) is 12.1 Å². The zero-order chi connectivity index (χ0) is 19.3. The lowest BCUT2D eigenvalue weighted by Gasteiger charge is -2.24. The molecule has 2 aromatic rings. The summed E-state index contributed by atoms with van der Waals surface area (Å²) in [5, 5.41) is 4.65. The fourth-order valence-corrected chi connectivity index (χ4v) is 2.83. The average Bonchev–Trinajstić information content (AvgIpc) is 3.05. The average molecular weight is 385 g/mol. The number of nitrogens with zero attached hydrogens (tertiary/aromatic N) is 2. The Morgan fingerprint density at radius 2 is 2.04 bits per heavy atom. The summed E-state index contributed by atoms with van der Waals surface area (Å²) in [7, 11) is 0. The minimum absolute atomic E-state index is 0.0393. The van der Waals surface area contributed by atoms with Crippen LogP contribution < -0.4 is 5.32 Å². The number of aromatic nitrogens is 1. The number of alkyl halides is 3. The maximum atomic E-state index is 12.9. The van der Waals surface area contributed by atoms with Crippen molar-refractivity contribution in [2.45, 2.75) is 20.0 Å². The van der Waals surface area contributed by atoms with Gasteiger partial charge < -0.3 is 10.2 Å². The monoisotopic (exact) mass is 385 g/mol. The molecular weight excluding hydrogens is 367 g/mol. The summed E-state index contributed by atoms with van der Waals surface area (Å²) in [6.45, 7) is 3.67. The molecule has 0 saturated heterocycles. The summed E-state index contributed by atoms with van der Waals surface area (Å²) < 4.78 is 38.6. The number of amides is 2. The van der Waals surface area contributed by atoms with E-state index in [-0.39, 0.29) is 24.6 Å². The predicted octanol–water partition coefficient (Wildman–Crippen LogP) is 3.90. The molecule has 0 atom stereocenters. The Hall–Kier alpha value is -2.42. The molecule has 1 heterocycles. The van der Waals surface area contributed by atoms with Crippen LogP contribution in [0.2, 0.25) is 0 Å². The summed E-state index contributed by atoms with van der Waals surface area (Å²) >= 11 is 1.23. The van der Waals surface area contributed by atoms with Gasteiger partial charge in [-0.15, -0.1) is 11.3 Å². The lowest BCUT2D eigenvalue weighted by molar-refractivity contribution is -0.137. The van der Waals surface area contributed by atoms with Crippen LogP contribution in [0, 0.1) is 5.92 Å². The number of hydrogen-bond donors (Lipinski definition) is 1. The first-order valence-electron chi connectivity index (χ1n) is 7.82. The van der Waals surface area contributed by atoms with Gasteiger partial charge >= 0.3 is 6.18 Å². The highest BCUT2D eigenvalue weighted by Gasteiger charge is 2.31. The number of thiazole rings is 1. The van der Waals surface area contributed by atoms with Gasteiger partial charge in [0.2, 0.25) is 5.91 Å². The Bertz CT molecular complexity index is 761. The molecule has 140 valence electrons. The lowest BCUT2D eigenvalue weighted by atomic mass is 10.1. The Morgan fingerprint density at radius 1 is 1.31 bits per heavy atom. The molecule has 0 radical (unpaired) electrons. The zero-order valence-corrected chi connectivity index (χ0v) is 15.0. The smallest absolute Gasteiger partial charge is 0.329 e. The van der Waals surface area contributed by atoms with Crippen LogP contribution in [0.25, 0.3) is 0 Å². The van der Waals surface area contributed by atoms with Gasteiger partial charge in [-0.1, -0.05) is 19.9 Å². The van der Waals surface area contributed by atoms with Crippen LogP contribution >= 0.6 is 11.3 Å². The second kappa shape index (κ2) is 8.31. The highest BCUT2D eigenvalue weighted by atomic mass is 32.1. The van der Waals surface area contributed by atoms with Crippen LogP contribution in [0.3, 0.4) is 0 Å². The van der Waals surface area contributed by atoms with Gasteiger partial charge in [0.05, 0.1) is 5.56 Å². The molecule has 5 nitrogen and oxygen atoms in total. The first-order valence-corrected chi connectivity index (χ1v) is 8.70. The zero-order valence-electron chi connectivity index (χ0n) is 14.2. The van der Waals surface area contributed by atoms with Crippen molar-refractivity contribution in [3.05, 3.63) is 47.0 Å². The van der Waals surface area contributed by atoms with E-state index in [1.807, 2.05) is 13.8 Å². The topological polar surface area (TPSA) is 62.3 Å². The standard InChI is InChI=1S/C17H18F3N3O2S/c1-11(2)9-23(10-14(24)22-16-21-6-7-26-16)15(25)12-4-3-5-13(8-12)17(18,19)20/h3-8,11H,9-10H2,1-2H3,(H,21,22,24). The maximum absolute atomic E-state index is 12.9. The number of carbonyl (C=O) groups excluding carboxylic acids is 2. The first-order chi connectivity index (χ1) is 12.2. The number of benzene rings is 1. The molecule has 0 aliphatic carbocycles. The van der Waals surface area contributed by atoms with Crippen molar-refractivity contribution in [1.29, 1.82) is 0 Å². The Kier molecular flexibility index (Phi) is 6.36. The summed E-state index contributed by atoms with van der Waals surface area (Å²) in [6, 6.07) is 4.19. The fraction of sp³-hybridized carbons (Fsp3) is 0.353. The van der Waals surface area contributed by atoms with Crippen molar-refractivity contribution in [1.82, 2.24) is 9.88 Å². The highest BCUT2D eigenvalue weighted by molar-refractivity contribution is 7.13. The van der Waals surface area contributed by atoms with Crippen molar-refractivity contribution in [3.63, 3.8) is 0 Å². The first kappa shape index (κ1) is 19.9. The van der Waals surface area contributed by atoms with Crippen molar-refractivity contribution in [2.75, 3.05) is 18.4 Å². The molecule has 0 aliphatic heterocycles. The maximum Gasteiger partial charge on any atom is 0.416 e. The van der Waals surface area contributed by atoms with Crippen LogP contribution in [0.4, 0.5) is 18.3 Å². The van der Waals surface area contributed by atoms with E-state index in [1.165, 1.54) is 34.6 Å². The normalized spacial score (nSPS) is 11.5. The second-order valence-electron chi connectivity index (χ2n) is 6.04. The molecule has 2 rings (SSSR count). The van der Waals surface area contributed by atoms with Crippen molar-refractivity contribution in [2.24, 2.45) is 5.92 Å². The van der Waals surface area contributed by atoms with Gasteiger partial charge in [-0.2, -0.15) is 13.2 Å². The minimum Gasteiger partial charge on any atom is -0.329 e. The van der Waals surface area contributed by atoms with E-state index in [4.69, 9.17) is 0 Å². The SMILES string of the molecule is CC(C)CN(CC(=O)Nc1nccs1)C(=O)c1cccc(C(F)(F)F)c1. The quantitative estimate of drug-likeness (QED) is 0.820. The Balaban J connectivity index is 2.17. The van der Waals surface area contributed by atoms with E-state index < -0.39 is 23.6 Å². The van der Waals surface area contributed by atoms with E-state index in [2.05, 4.69) is 10.3 Å². The summed E-state index contributed by atoms with van der Waals surface area (Å²) in [5.74, 6) is -1.04. The number of anilines is 1. The van der Waals surface area contributed by atoms with E-state index in [0.29, 0.717) is 5.13 Å². The third-order valence-corrected chi connectivity index (χ3v) is 4.01. The molecule has 0 aliphatic rings. The second-order valence-corrected chi connectivity index (χ2v) is 6.94. The molecule has 1 aromatic heterocycles. The number of carbonyl (C=O) groups is 2. The van der Waals surface area contributed by atoms with Crippen molar-refractivity contribution in [3.8, 4) is 0 Å².